The Bertz CT molecular complexity index is 825. The van der Waals surface area contributed by atoms with E-state index in [0.717, 1.165) is 17.7 Å². The van der Waals surface area contributed by atoms with Crippen LogP contribution in [0.2, 0.25) is 5.02 Å². The number of carbonyl (C=O) groups is 2. The van der Waals surface area contributed by atoms with Gasteiger partial charge in [-0.05, 0) is 42.7 Å². The first-order valence-electron chi connectivity index (χ1n) is 8.45. The molecule has 2 aromatic rings. The molecule has 7 heteroatoms. The van der Waals surface area contributed by atoms with Crippen LogP contribution in [0.15, 0.2) is 42.5 Å². The maximum atomic E-state index is 13.0. The first-order chi connectivity index (χ1) is 12.8. The van der Waals surface area contributed by atoms with E-state index >= 15 is 0 Å². The Morgan fingerprint density at radius 2 is 1.85 bits per heavy atom. The Morgan fingerprint density at radius 1 is 1.15 bits per heavy atom. The molecule has 144 valence electrons. The summed E-state index contributed by atoms with van der Waals surface area (Å²) in [6.07, 6.45) is -1.07. The molecule has 0 heterocycles. The molecule has 0 aliphatic heterocycles. The van der Waals surface area contributed by atoms with Crippen LogP contribution in [0.4, 0.5) is 10.1 Å². The fourth-order valence-corrected chi connectivity index (χ4v) is 2.55. The van der Waals surface area contributed by atoms with E-state index in [0.29, 0.717) is 5.75 Å². The first kappa shape index (κ1) is 20.7. The highest BCUT2D eigenvalue weighted by Crippen LogP contribution is 2.26. The second-order valence-corrected chi connectivity index (χ2v) is 6.63. The molecule has 1 N–H and O–H groups in total. The van der Waals surface area contributed by atoms with E-state index < -0.39 is 23.8 Å². The molecule has 1 atom stereocenters. The predicted octanol–water partition coefficient (Wildman–Crippen LogP) is 4.55. The van der Waals surface area contributed by atoms with E-state index in [1.54, 1.807) is 6.07 Å². The minimum Gasteiger partial charge on any atom is -0.482 e. The first-order valence-corrected chi connectivity index (χ1v) is 8.83. The standard InChI is InChI=1S/C20H21ClFNO4/c1-12(2)15-6-4-5-7-18(15)26-11-19(24)27-13(3)20(25)23-17-9-8-14(22)10-16(17)21/h4-10,12-13H,11H2,1-3H3,(H,23,25)/t13-/m1/s1. The normalized spacial score (nSPS) is 11.8. The third kappa shape index (κ3) is 5.96. The zero-order valence-electron chi connectivity index (χ0n) is 15.3. The van der Waals surface area contributed by atoms with Gasteiger partial charge in [-0.1, -0.05) is 43.6 Å². The number of hydrogen-bond acceptors (Lipinski definition) is 4. The molecule has 27 heavy (non-hydrogen) atoms. The highest BCUT2D eigenvalue weighted by molar-refractivity contribution is 6.33. The van der Waals surface area contributed by atoms with Gasteiger partial charge in [0.25, 0.3) is 5.91 Å². The molecule has 0 spiro atoms. The summed E-state index contributed by atoms with van der Waals surface area (Å²) in [5.74, 6) is -0.945. The molecule has 0 aromatic heterocycles. The second-order valence-electron chi connectivity index (χ2n) is 6.23. The third-order valence-electron chi connectivity index (χ3n) is 3.75. The molecular weight excluding hydrogens is 373 g/mol. The van der Waals surface area contributed by atoms with Crippen molar-refractivity contribution < 1.29 is 23.5 Å². The molecule has 0 bridgehead atoms. The maximum Gasteiger partial charge on any atom is 0.344 e. The molecule has 2 rings (SSSR count). The van der Waals surface area contributed by atoms with Crippen LogP contribution in [-0.4, -0.2) is 24.6 Å². The van der Waals surface area contributed by atoms with Crippen LogP contribution in [0.5, 0.6) is 5.75 Å². The van der Waals surface area contributed by atoms with Crippen LogP contribution in [0, 0.1) is 5.82 Å². The van der Waals surface area contributed by atoms with Gasteiger partial charge in [-0.3, -0.25) is 4.79 Å². The molecule has 0 aliphatic carbocycles. The van der Waals surface area contributed by atoms with Crippen LogP contribution >= 0.6 is 11.6 Å². The summed E-state index contributed by atoms with van der Waals surface area (Å²) in [6, 6.07) is 11.0. The van der Waals surface area contributed by atoms with Gasteiger partial charge in [0.05, 0.1) is 10.7 Å². The number of esters is 1. The van der Waals surface area contributed by atoms with Crippen molar-refractivity contribution in [3.8, 4) is 5.75 Å². The van der Waals surface area contributed by atoms with Gasteiger partial charge in [0.2, 0.25) is 0 Å². The Kier molecular flexibility index (Phi) is 7.19. The van der Waals surface area contributed by atoms with E-state index in [2.05, 4.69) is 5.32 Å². The molecule has 0 aliphatic rings. The second kappa shape index (κ2) is 9.37. The molecule has 1 amide bonds. The third-order valence-corrected chi connectivity index (χ3v) is 4.07. The van der Waals surface area contributed by atoms with Gasteiger partial charge in [-0.15, -0.1) is 0 Å². The summed E-state index contributed by atoms with van der Waals surface area (Å²) < 4.78 is 23.6. The summed E-state index contributed by atoms with van der Waals surface area (Å²) in [5.41, 5.74) is 1.20. The molecule has 0 saturated heterocycles. The SMILES string of the molecule is CC(C)c1ccccc1OCC(=O)O[C@H](C)C(=O)Nc1ccc(F)cc1Cl. The lowest BCUT2D eigenvalue weighted by Gasteiger charge is -2.16. The molecule has 0 radical (unpaired) electrons. The number of para-hydroxylation sites is 1. The quantitative estimate of drug-likeness (QED) is 0.701. The number of hydrogen-bond donors (Lipinski definition) is 1. The Labute approximate surface area is 162 Å². The van der Waals surface area contributed by atoms with Crippen molar-refractivity contribution in [3.05, 3.63) is 58.9 Å². The van der Waals surface area contributed by atoms with E-state index in [4.69, 9.17) is 21.1 Å². The van der Waals surface area contributed by atoms with Crippen LogP contribution in [0.25, 0.3) is 0 Å². The van der Waals surface area contributed by atoms with Gasteiger partial charge < -0.3 is 14.8 Å². The molecule has 5 nitrogen and oxygen atoms in total. The van der Waals surface area contributed by atoms with E-state index in [1.807, 2.05) is 32.0 Å². The summed E-state index contributed by atoms with van der Waals surface area (Å²) in [5, 5.41) is 2.54. The minimum atomic E-state index is -1.07. The Morgan fingerprint density at radius 3 is 2.52 bits per heavy atom. The number of halogens is 2. The highest BCUT2D eigenvalue weighted by atomic mass is 35.5. The summed E-state index contributed by atoms with van der Waals surface area (Å²) >= 11 is 5.86. The minimum absolute atomic E-state index is 0.0514. The van der Waals surface area contributed by atoms with Gasteiger partial charge in [0, 0.05) is 0 Å². The fraction of sp³-hybridized carbons (Fsp3) is 0.300. The topological polar surface area (TPSA) is 64.6 Å². The van der Waals surface area contributed by atoms with Gasteiger partial charge in [0.15, 0.2) is 12.7 Å². The van der Waals surface area contributed by atoms with E-state index in [-0.39, 0.29) is 23.2 Å². The van der Waals surface area contributed by atoms with Crippen molar-refractivity contribution in [2.75, 3.05) is 11.9 Å². The molecule has 0 saturated carbocycles. The van der Waals surface area contributed by atoms with Crippen molar-refractivity contribution in [3.63, 3.8) is 0 Å². The van der Waals surface area contributed by atoms with Crippen LogP contribution in [0.1, 0.15) is 32.3 Å². The largest absolute Gasteiger partial charge is 0.482 e. The number of ether oxygens (including phenoxy) is 2. The van der Waals surface area contributed by atoms with Gasteiger partial charge in [-0.25, -0.2) is 9.18 Å². The maximum absolute atomic E-state index is 13.0. The van der Waals surface area contributed by atoms with Gasteiger partial charge in [-0.2, -0.15) is 0 Å². The van der Waals surface area contributed by atoms with Crippen LogP contribution in [-0.2, 0) is 14.3 Å². The summed E-state index contributed by atoms with van der Waals surface area (Å²) in [4.78, 5) is 24.1. The van der Waals surface area contributed by atoms with Crippen molar-refractivity contribution in [2.24, 2.45) is 0 Å². The van der Waals surface area contributed by atoms with E-state index in [1.165, 1.54) is 13.0 Å². The van der Waals surface area contributed by atoms with Crippen LogP contribution in [0.3, 0.4) is 0 Å². The molecule has 2 aromatic carbocycles. The molecule has 0 unspecified atom stereocenters. The van der Waals surface area contributed by atoms with Crippen LogP contribution < -0.4 is 10.1 Å². The lowest BCUT2D eigenvalue weighted by atomic mass is 10.0. The smallest absolute Gasteiger partial charge is 0.344 e. The Balaban J connectivity index is 1.89. The van der Waals surface area contributed by atoms with Crippen molar-refractivity contribution in [1.82, 2.24) is 0 Å². The predicted molar refractivity (Wildman–Crippen MR) is 102 cm³/mol. The number of amides is 1. The van der Waals surface area contributed by atoms with Crippen molar-refractivity contribution in [2.45, 2.75) is 32.8 Å². The lowest BCUT2D eigenvalue weighted by molar-refractivity contribution is -0.155. The summed E-state index contributed by atoms with van der Waals surface area (Å²) in [7, 11) is 0. The van der Waals surface area contributed by atoms with E-state index in [9.17, 15) is 14.0 Å². The number of carbonyl (C=O) groups excluding carboxylic acids is 2. The average Bonchev–Trinajstić information content (AvgIpc) is 2.62. The number of benzene rings is 2. The Hall–Kier alpha value is -2.60. The van der Waals surface area contributed by atoms with Crippen molar-refractivity contribution in [1.29, 1.82) is 0 Å². The summed E-state index contributed by atoms with van der Waals surface area (Å²) in [6.45, 7) is 5.15. The molecule has 0 fully saturated rings. The zero-order chi connectivity index (χ0) is 20.0. The lowest BCUT2D eigenvalue weighted by Crippen LogP contribution is -2.31. The van der Waals surface area contributed by atoms with Gasteiger partial charge in [0.1, 0.15) is 11.6 Å². The number of nitrogens with one attached hydrogen (secondary N) is 1. The highest BCUT2D eigenvalue weighted by Gasteiger charge is 2.19. The zero-order valence-corrected chi connectivity index (χ0v) is 16.0. The number of rotatable bonds is 7. The van der Waals surface area contributed by atoms with Crippen molar-refractivity contribution >= 4 is 29.2 Å². The monoisotopic (exact) mass is 393 g/mol. The number of anilines is 1. The molecular formula is C20H21ClFNO4. The fourth-order valence-electron chi connectivity index (χ4n) is 2.34. The average molecular weight is 394 g/mol. The van der Waals surface area contributed by atoms with Gasteiger partial charge >= 0.3 is 5.97 Å².